The maximum absolute atomic E-state index is 12.9. The summed E-state index contributed by atoms with van der Waals surface area (Å²) in [4.78, 5) is 38.3. The van der Waals surface area contributed by atoms with E-state index < -0.39 is 6.10 Å². The maximum Gasteiger partial charge on any atom is 0.306 e. The van der Waals surface area contributed by atoms with Gasteiger partial charge in [-0.15, -0.1) is 0 Å². The number of allylic oxidation sites excluding steroid dienone is 12. The highest BCUT2D eigenvalue weighted by atomic mass is 16.6. The molecular formula is C67H118O6. The van der Waals surface area contributed by atoms with Gasteiger partial charge in [-0.2, -0.15) is 0 Å². The summed E-state index contributed by atoms with van der Waals surface area (Å²) in [5, 5.41) is 0. The van der Waals surface area contributed by atoms with E-state index in [9.17, 15) is 14.4 Å². The number of esters is 3. The number of rotatable bonds is 57. The highest BCUT2D eigenvalue weighted by Gasteiger charge is 2.19. The smallest absolute Gasteiger partial charge is 0.306 e. The lowest BCUT2D eigenvalue weighted by Crippen LogP contribution is -2.30. The fraction of sp³-hybridized carbons (Fsp3) is 0.776. The van der Waals surface area contributed by atoms with Gasteiger partial charge in [0.2, 0.25) is 0 Å². The van der Waals surface area contributed by atoms with Crippen LogP contribution in [0.3, 0.4) is 0 Å². The Morgan fingerprint density at radius 1 is 0.274 bits per heavy atom. The van der Waals surface area contributed by atoms with Crippen LogP contribution in [0.5, 0.6) is 0 Å². The minimum Gasteiger partial charge on any atom is -0.462 e. The minimum atomic E-state index is -0.791. The van der Waals surface area contributed by atoms with Crippen molar-refractivity contribution in [3.63, 3.8) is 0 Å². The van der Waals surface area contributed by atoms with E-state index >= 15 is 0 Å². The Hall–Kier alpha value is -3.15. The minimum absolute atomic E-state index is 0.0846. The summed E-state index contributed by atoms with van der Waals surface area (Å²) >= 11 is 0. The number of carbonyl (C=O) groups excluding carboxylic acids is 3. The van der Waals surface area contributed by atoms with Gasteiger partial charge in [0, 0.05) is 19.3 Å². The van der Waals surface area contributed by atoms with Gasteiger partial charge in [0.05, 0.1) is 0 Å². The average molecular weight is 1020 g/mol. The van der Waals surface area contributed by atoms with Crippen molar-refractivity contribution in [3.8, 4) is 0 Å². The van der Waals surface area contributed by atoms with Crippen LogP contribution < -0.4 is 0 Å². The molecule has 6 heteroatoms. The van der Waals surface area contributed by atoms with E-state index in [1.807, 2.05) is 0 Å². The molecule has 0 aliphatic rings. The van der Waals surface area contributed by atoms with Crippen molar-refractivity contribution in [2.24, 2.45) is 0 Å². The second kappa shape index (κ2) is 61.4. The molecule has 0 heterocycles. The molecule has 0 saturated heterocycles. The molecule has 0 aliphatic carbocycles. The van der Waals surface area contributed by atoms with Gasteiger partial charge in [-0.3, -0.25) is 14.4 Å². The molecule has 0 bridgehead atoms. The van der Waals surface area contributed by atoms with Crippen LogP contribution in [-0.4, -0.2) is 37.2 Å². The molecule has 422 valence electrons. The molecule has 0 amide bonds. The fourth-order valence-electron chi connectivity index (χ4n) is 8.93. The lowest BCUT2D eigenvalue weighted by atomic mass is 10.0. The number of carbonyl (C=O) groups is 3. The molecule has 0 N–H and O–H groups in total. The fourth-order valence-corrected chi connectivity index (χ4v) is 8.93. The first-order valence-corrected chi connectivity index (χ1v) is 31.4. The monoisotopic (exact) mass is 1020 g/mol. The Labute approximate surface area is 453 Å². The van der Waals surface area contributed by atoms with Crippen molar-refractivity contribution in [1.82, 2.24) is 0 Å². The zero-order valence-electron chi connectivity index (χ0n) is 48.4. The first-order valence-electron chi connectivity index (χ1n) is 31.4. The quantitative estimate of drug-likeness (QED) is 0.0261. The number of unbranched alkanes of at least 4 members (excludes halogenated alkanes) is 34. The van der Waals surface area contributed by atoms with Crippen molar-refractivity contribution in [3.05, 3.63) is 72.9 Å². The van der Waals surface area contributed by atoms with Crippen LogP contribution in [-0.2, 0) is 28.6 Å². The summed E-state index contributed by atoms with van der Waals surface area (Å²) in [6.45, 7) is 6.60. The molecular weight excluding hydrogens is 901 g/mol. The Morgan fingerprint density at radius 3 is 0.808 bits per heavy atom. The molecule has 0 saturated carbocycles. The molecule has 0 rings (SSSR count). The summed E-state index contributed by atoms with van der Waals surface area (Å²) in [7, 11) is 0. The molecule has 0 aromatic rings. The van der Waals surface area contributed by atoms with E-state index in [4.69, 9.17) is 14.2 Å². The first-order chi connectivity index (χ1) is 36.0. The largest absolute Gasteiger partial charge is 0.462 e. The van der Waals surface area contributed by atoms with Crippen molar-refractivity contribution >= 4 is 17.9 Å². The van der Waals surface area contributed by atoms with Crippen LogP contribution in [0.2, 0.25) is 0 Å². The second-order valence-electron chi connectivity index (χ2n) is 21.0. The van der Waals surface area contributed by atoms with Crippen LogP contribution in [0, 0.1) is 0 Å². The molecule has 0 radical (unpaired) electrons. The van der Waals surface area contributed by atoms with Gasteiger partial charge in [0.15, 0.2) is 6.10 Å². The summed E-state index contributed by atoms with van der Waals surface area (Å²) < 4.78 is 16.9. The third-order valence-corrected chi connectivity index (χ3v) is 13.7. The normalized spacial score (nSPS) is 12.5. The van der Waals surface area contributed by atoms with Gasteiger partial charge < -0.3 is 14.2 Å². The topological polar surface area (TPSA) is 78.9 Å². The molecule has 6 nitrogen and oxygen atoms in total. The highest BCUT2D eigenvalue weighted by molar-refractivity contribution is 5.71. The zero-order valence-corrected chi connectivity index (χ0v) is 48.4. The van der Waals surface area contributed by atoms with Gasteiger partial charge in [-0.25, -0.2) is 0 Å². The Bertz CT molecular complexity index is 1360. The van der Waals surface area contributed by atoms with E-state index in [2.05, 4.69) is 93.7 Å². The Morgan fingerprint density at radius 2 is 0.493 bits per heavy atom. The van der Waals surface area contributed by atoms with Crippen molar-refractivity contribution in [1.29, 1.82) is 0 Å². The molecule has 0 spiro atoms. The first kappa shape index (κ1) is 69.8. The van der Waals surface area contributed by atoms with Crippen molar-refractivity contribution < 1.29 is 28.6 Å². The standard InChI is InChI=1S/C67H118O6/c1-4-7-10-13-16-19-22-25-28-31-33-36-39-42-45-48-51-54-57-60-66(69)72-63-64(62-71-65(68)59-56-53-50-47-44-41-38-35-30-27-24-21-18-15-12-9-6-3)73-67(70)61-58-55-52-49-46-43-40-37-34-32-29-26-23-20-17-14-11-8-5-2/h16-17,19-20,25-26,28-29,33,36,42,45,64H,4-15,18,21-24,27,30-32,34-35,37-41,43-44,46-63H2,1-3H3/b19-16+,20-17+,28-25+,29-26+,36-33+,45-42+/t64-/m1/s1. The molecule has 0 aliphatic heterocycles. The van der Waals surface area contributed by atoms with Crippen LogP contribution >= 0.6 is 0 Å². The molecule has 0 unspecified atom stereocenters. The highest BCUT2D eigenvalue weighted by Crippen LogP contribution is 2.16. The molecule has 73 heavy (non-hydrogen) atoms. The van der Waals surface area contributed by atoms with E-state index in [1.54, 1.807) is 0 Å². The molecule has 0 aromatic heterocycles. The molecule has 1 atom stereocenters. The number of hydrogen-bond donors (Lipinski definition) is 0. The summed E-state index contributed by atoms with van der Waals surface area (Å²) in [5.74, 6) is -0.906. The predicted molar refractivity (Wildman–Crippen MR) is 316 cm³/mol. The third-order valence-electron chi connectivity index (χ3n) is 13.7. The lowest BCUT2D eigenvalue weighted by Gasteiger charge is -2.18. The van der Waals surface area contributed by atoms with Gasteiger partial charge in [0.25, 0.3) is 0 Å². The zero-order chi connectivity index (χ0) is 52.9. The van der Waals surface area contributed by atoms with Crippen molar-refractivity contribution in [2.45, 2.75) is 322 Å². The van der Waals surface area contributed by atoms with Gasteiger partial charge in [0.1, 0.15) is 13.2 Å². The van der Waals surface area contributed by atoms with E-state index in [1.165, 1.54) is 186 Å². The number of hydrogen-bond acceptors (Lipinski definition) is 6. The lowest BCUT2D eigenvalue weighted by molar-refractivity contribution is -0.167. The molecule has 0 aromatic carbocycles. The summed E-state index contributed by atoms with van der Waals surface area (Å²) in [5.41, 5.74) is 0. The van der Waals surface area contributed by atoms with Gasteiger partial charge in [-0.1, -0.05) is 273 Å². The SMILES string of the molecule is CCCCC/C=C/C/C=C/C/C=C/C/C=C/CCCCCC(=O)OC[C@@H](COC(=O)CCCCCCCCCCCCCCCCCCC)OC(=O)CCCCCCCCCCC/C=C/C/C=C/CCCCC. The van der Waals surface area contributed by atoms with Crippen LogP contribution in [0.25, 0.3) is 0 Å². The summed E-state index contributed by atoms with van der Waals surface area (Å²) in [6.07, 6.45) is 78.9. The summed E-state index contributed by atoms with van der Waals surface area (Å²) in [6, 6.07) is 0. The van der Waals surface area contributed by atoms with Gasteiger partial charge >= 0.3 is 17.9 Å². The van der Waals surface area contributed by atoms with E-state index in [0.717, 1.165) is 89.9 Å². The average Bonchev–Trinajstić information content (AvgIpc) is 3.39. The predicted octanol–water partition coefficient (Wildman–Crippen LogP) is 21.3. The van der Waals surface area contributed by atoms with Crippen LogP contribution in [0.15, 0.2) is 72.9 Å². The van der Waals surface area contributed by atoms with E-state index in [-0.39, 0.29) is 31.1 Å². The second-order valence-corrected chi connectivity index (χ2v) is 21.0. The third kappa shape index (κ3) is 59.6. The van der Waals surface area contributed by atoms with E-state index in [0.29, 0.717) is 19.3 Å². The number of ether oxygens (including phenoxy) is 3. The van der Waals surface area contributed by atoms with Crippen molar-refractivity contribution in [2.75, 3.05) is 13.2 Å². The maximum atomic E-state index is 12.9. The Kier molecular flexibility index (Phi) is 58.7. The Balaban J connectivity index is 4.42. The van der Waals surface area contributed by atoms with Crippen LogP contribution in [0.4, 0.5) is 0 Å². The molecule has 0 fully saturated rings. The van der Waals surface area contributed by atoms with Gasteiger partial charge in [-0.05, 0) is 96.3 Å². The van der Waals surface area contributed by atoms with Crippen LogP contribution in [0.1, 0.15) is 316 Å².